The Bertz CT molecular complexity index is 1210. The fourth-order valence-corrected chi connectivity index (χ4v) is 5.63. The summed E-state index contributed by atoms with van der Waals surface area (Å²) in [5, 5.41) is 0. The summed E-state index contributed by atoms with van der Waals surface area (Å²) in [7, 11) is -3.52. The summed E-state index contributed by atoms with van der Waals surface area (Å²) in [6.45, 7) is 5.71. The molecule has 0 bridgehead atoms. The van der Waals surface area contributed by atoms with Gasteiger partial charge in [0.25, 0.3) is 0 Å². The van der Waals surface area contributed by atoms with Crippen LogP contribution in [0.2, 0.25) is 0 Å². The van der Waals surface area contributed by atoms with Crippen LogP contribution in [0.5, 0.6) is 0 Å². The van der Waals surface area contributed by atoms with Crippen LogP contribution >= 0.6 is 0 Å². The number of carbonyl (C=O) groups is 1. The van der Waals surface area contributed by atoms with E-state index in [9.17, 15) is 17.6 Å². The molecule has 1 aliphatic rings. The van der Waals surface area contributed by atoms with Crippen molar-refractivity contribution < 1.29 is 17.6 Å². The van der Waals surface area contributed by atoms with E-state index < -0.39 is 10.0 Å². The van der Waals surface area contributed by atoms with E-state index >= 15 is 0 Å². The van der Waals surface area contributed by atoms with Crippen LogP contribution in [0.3, 0.4) is 0 Å². The van der Waals surface area contributed by atoms with Gasteiger partial charge in [-0.1, -0.05) is 18.2 Å². The van der Waals surface area contributed by atoms with Crippen LogP contribution in [0.25, 0.3) is 5.69 Å². The lowest BCUT2D eigenvalue weighted by Gasteiger charge is -2.33. The van der Waals surface area contributed by atoms with E-state index in [1.54, 1.807) is 42.5 Å². The highest BCUT2D eigenvalue weighted by Crippen LogP contribution is 2.22. The number of benzene rings is 2. The second-order valence-electron chi connectivity index (χ2n) is 8.01. The quantitative estimate of drug-likeness (QED) is 0.535. The van der Waals surface area contributed by atoms with Gasteiger partial charge in [0, 0.05) is 48.8 Å². The number of rotatable bonds is 6. The Hall–Kier alpha value is -2.81. The Kier molecular flexibility index (Phi) is 6.28. The van der Waals surface area contributed by atoms with E-state index in [0.717, 1.165) is 17.1 Å². The fourth-order valence-electron chi connectivity index (χ4n) is 4.19. The van der Waals surface area contributed by atoms with E-state index in [1.165, 1.54) is 16.4 Å². The van der Waals surface area contributed by atoms with Crippen molar-refractivity contribution >= 4 is 15.8 Å². The summed E-state index contributed by atoms with van der Waals surface area (Å²) in [5.74, 6) is -0.313. The van der Waals surface area contributed by atoms with Gasteiger partial charge in [0.15, 0.2) is 5.78 Å². The SMILES string of the molecule is Cc1cc(C(=O)CN2CCN(S(=O)(=O)c3ccccc3)CC2)c(C)n1-c1ccc(F)cc1. The number of aryl methyl sites for hydroxylation is 1. The molecule has 0 aliphatic carbocycles. The number of Topliss-reactive ketones (excluding diaryl/α,β-unsaturated/α-hetero) is 1. The lowest BCUT2D eigenvalue weighted by atomic mass is 10.1. The first-order chi connectivity index (χ1) is 15.3. The maximum Gasteiger partial charge on any atom is 0.243 e. The molecule has 0 saturated carbocycles. The van der Waals surface area contributed by atoms with Gasteiger partial charge in [0.05, 0.1) is 11.4 Å². The van der Waals surface area contributed by atoms with Crippen molar-refractivity contribution in [2.24, 2.45) is 0 Å². The number of ketones is 1. The van der Waals surface area contributed by atoms with Gasteiger partial charge in [-0.3, -0.25) is 9.69 Å². The van der Waals surface area contributed by atoms with Crippen molar-refractivity contribution in [1.29, 1.82) is 0 Å². The summed E-state index contributed by atoms with van der Waals surface area (Å²) in [5.41, 5.74) is 3.15. The number of hydrogen-bond acceptors (Lipinski definition) is 4. The monoisotopic (exact) mass is 455 g/mol. The molecule has 2 heterocycles. The summed E-state index contributed by atoms with van der Waals surface area (Å²) in [6.07, 6.45) is 0. The van der Waals surface area contributed by atoms with Crippen molar-refractivity contribution in [2.45, 2.75) is 18.7 Å². The van der Waals surface area contributed by atoms with Gasteiger partial charge in [0.2, 0.25) is 10.0 Å². The Balaban J connectivity index is 1.43. The molecule has 0 radical (unpaired) electrons. The third-order valence-corrected chi connectivity index (χ3v) is 7.81. The van der Waals surface area contributed by atoms with Crippen molar-refractivity contribution in [3.05, 3.63) is 83.4 Å². The van der Waals surface area contributed by atoms with Crippen LogP contribution < -0.4 is 0 Å². The van der Waals surface area contributed by atoms with Crippen molar-refractivity contribution in [1.82, 2.24) is 13.8 Å². The van der Waals surface area contributed by atoms with Crippen molar-refractivity contribution in [2.75, 3.05) is 32.7 Å². The molecule has 1 saturated heterocycles. The number of sulfonamides is 1. The second kappa shape index (κ2) is 8.97. The van der Waals surface area contributed by atoms with Crippen LogP contribution in [0, 0.1) is 19.7 Å². The Morgan fingerprint density at radius 2 is 1.56 bits per heavy atom. The predicted molar refractivity (Wildman–Crippen MR) is 121 cm³/mol. The molecule has 4 rings (SSSR count). The molecule has 8 heteroatoms. The van der Waals surface area contributed by atoms with Crippen LogP contribution in [0.15, 0.2) is 65.6 Å². The van der Waals surface area contributed by atoms with E-state index in [4.69, 9.17) is 0 Å². The van der Waals surface area contributed by atoms with Crippen LogP contribution in [0.1, 0.15) is 21.7 Å². The molecule has 0 spiro atoms. The second-order valence-corrected chi connectivity index (χ2v) is 9.95. The average molecular weight is 456 g/mol. The first-order valence-electron chi connectivity index (χ1n) is 10.5. The van der Waals surface area contributed by atoms with Crippen molar-refractivity contribution in [3.63, 3.8) is 0 Å². The number of hydrogen-bond donors (Lipinski definition) is 0. The summed E-state index contributed by atoms with van der Waals surface area (Å²) in [4.78, 5) is 15.3. The van der Waals surface area contributed by atoms with Crippen LogP contribution in [0.4, 0.5) is 4.39 Å². The fraction of sp³-hybridized carbons (Fsp3) is 0.292. The van der Waals surface area contributed by atoms with E-state index in [1.807, 2.05) is 29.4 Å². The third-order valence-electron chi connectivity index (χ3n) is 5.90. The zero-order chi connectivity index (χ0) is 22.9. The highest BCUT2D eigenvalue weighted by atomic mass is 32.2. The Morgan fingerprint density at radius 1 is 0.938 bits per heavy atom. The van der Waals surface area contributed by atoms with Gasteiger partial charge < -0.3 is 4.57 Å². The number of halogens is 1. The molecule has 3 aromatic rings. The minimum absolute atomic E-state index is 0.00849. The molecule has 6 nitrogen and oxygen atoms in total. The molecule has 32 heavy (non-hydrogen) atoms. The first kappa shape index (κ1) is 22.4. The zero-order valence-electron chi connectivity index (χ0n) is 18.2. The molecular weight excluding hydrogens is 429 g/mol. The summed E-state index contributed by atoms with van der Waals surface area (Å²) in [6, 6.07) is 16.5. The number of nitrogens with zero attached hydrogens (tertiary/aromatic N) is 3. The molecular formula is C24H26FN3O3S. The molecule has 0 N–H and O–H groups in total. The normalized spacial score (nSPS) is 15.7. The maximum absolute atomic E-state index is 13.3. The molecule has 0 unspecified atom stereocenters. The zero-order valence-corrected chi connectivity index (χ0v) is 19.0. The standard InChI is InChI=1S/C24H26FN3O3S/c1-18-16-23(19(2)28(18)21-10-8-20(25)9-11-21)24(29)17-26-12-14-27(15-13-26)32(30,31)22-6-4-3-5-7-22/h3-11,16H,12-15,17H2,1-2H3. The molecule has 168 valence electrons. The van der Waals surface area contributed by atoms with Crippen LogP contribution in [-0.4, -0.2) is 60.7 Å². The minimum atomic E-state index is -3.52. The third kappa shape index (κ3) is 4.39. The van der Waals surface area contributed by atoms with E-state index in [2.05, 4.69) is 0 Å². The van der Waals surface area contributed by atoms with Gasteiger partial charge in [-0.15, -0.1) is 0 Å². The van der Waals surface area contributed by atoms with Gasteiger partial charge >= 0.3 is 0 Å². The highest BCUT2D eigenvalue weighted by Gasteiger charge is 2.29. The average Bonchev–Trinajstić information content (AvgIpc) is 3.09. The Morgan fingerprint density at radius 3 is 2.19 bits per heavy atom. The Labute approximate surface area is 187 Å². The van der Waals surface area contributed by atoms with E-state index in [0.29, 0.717) is 31.7 Å². The first-order valence-corrected chi connectivity index (χ1v) is 12.0. The van der Waals surface area contributed by atoms with Gasteiger partial charge in [-0.05, 0) is 56.3 Å². The molecule has 0 amide bonds. The minimum Gasteiger partial charge on any atom is -0.318 e. The number of aromatic nitrogens is 1. The molecule has 1 fully saturated rings. The summed E-state index contributed by atoms with van der Waals surface area (Å²) < 4.78 is 42.3. The molecule has 1 aliphatic heterocycles. The highest BCUT2D eigenvalue weighted by molar-refractivity contribution is 7.89. The van der Waals surface area contributed by atoms with Crippen LogP contribution in [-0.2, 0) is 10.0 Å². The number of piperazine rings is 1. The predicted octanol–water partition coefficient (Wildman–Crippen LogP) is 3.42. The van der Waals surface area contributed by atoms with Gasteiger partial charge in [-0.2, -0.15) is 4.31 Å². The summed E-state index contributed by atoms with van der Waals surface area (Å²) >= 11 is 0. The molecule has 1 aromatic heterocycles. The topological polar surface area (TPSA) is 62.6 Å². The molecule has 2 aromatic carbocycles. The molecule has 0 atom stereocenters. The lowest BCUT2D eigenvalue weighted by Crippen LogP contribution is -2.49. The van der Waals surface area contributed by atoms with Gasteiger partial charge in [-0.25, -0.2) is 12.8 Å². The largest absolute Gasteiger partial charge is 0.318 e. The van der Waals surface area contributed by atoms with E-state index in [-0.39, 0.29) is 23.0 Å². The number of carbonyl (C=O) groups excluding carboxylic acids is 1. The van der Waals surface area contributed by atoms with Crippen molar-refractivity contribution in [3.8, 4) is 5.69 Å². The maximum atomic E-state index is 13.3. The smallest absolute Gasteiger partial charge is 0.243 e. The lowest BCUT2D eigenvalue weighted by molar-refractivity contribution is 0.0901. The van der Waals surface area contributed by atoms with Gasteiger partial charge in [0.1, 0.15) is 5.82 Å².